The predicted octanol–water partition coefficient (Wildman–Crippen LogP) is 4.70. The molecule has 0 spiro atoms. The molecular formula is C16H22ClNO. The van der Waals surface area contributed by atoms with Crippen LogP contribution in [0.25, 0.3) is 0 Å². The van der Waals surface area contributed by atoms with Crippen molar-refractivity contribution >= 4 is 23.1 Å². The maximum Gasteiger partial charge on any atom is 0.159 e. The molecule has 0 N–H and O–H groups in total. The topological polar surface area (TPSA) is 20.3 Å². The number of piperidine rings is 1. The molecular weight excluding hydrogens is 258 g/mol. The Balaban J connectivity index is 2.26. The van der Waals surface area contributed by atoms with Gasteiger partial charge >= 0.3 is 0 Å². The van der Waals surface area contributed by atoms with Gasteiger partial charge in [-0.2, -0.15) is 0 Å². The third-order valence-electron chi connectivity index (χ3n) is 3.91. The first-order chi connectivity index (χ1) is 9.13. The first-order valence-corrected chi connectivity index (χ1v) is 7.58. The van der Waals surface area contributed by atoms with Crippen LogP contribution in [-0.2, 0) is 0 Å². The number of halogens is 1. The lowest BCUT2D eigenvalue weighted by atomic mass is 9.97. The summed E-state index contributed by atoms with van der Waals surface area (Å²) in [6.45, 7) is 4.88. The Bertz CT molecular complexity index is 456. The van der Waals surface area contributed by atoms with Gasteiger partial charge in [-0.25, -0.2) is 0 Å². The second-order valence-corrected chi connectivity index (χ2v) is 5.76. The molecule has 0 bridgehead atoms. The van der Waals surface area contributed by atoms with Crippen LogP contribution in [0.15, 0.2) is 18.2 Å². The van der Waals surface area contributed by atoms with Crippen LogP contribution in [-0.4, -0.2) is 18.4 Å². The third kappa shape index (κ3) is 3.30. The second kappa shape index (κ2) is 6.42. The van der Waals surface area contributed by atoms with E-state index in [2.05, 4.69) is 11.8 Å². The van der Waals surface area contributed by atoms with E-state index in [1.54, 1.807) is 13.0 Å². The van der Waals surface area contributed by atoms with Crippen molar-refractivity contribution < 1.29 is 4.79 Å². The molecule has 0 saturated carbocycles. The first-order valence-electron chi connectivity index (χ1n) is 7.20. The Morgan fingerprint density at radius 3 is 2.84 bits per heavy atom. The van der Waals surface area contributed by atoms with Gasteiger partial charge in [0.2, 0.25) is 0 Å². The highest BCUT2D eigenvalue weighted by molar-refractivity contribution is 6.33. The normalized spacial score (nSPS) is 19.5. The average Bonchev–Trinajstić information content (AvgIpc) is 2.40. The molecule has 0 amide bonds. The molecule has 1 aromatic rings. The van der Waals surface area contributed by atoms with Crippen LogP contribution in [0, 0.1) is 0 Å². The lowest BCUT2D eigenvalue weighted by Gasteiger charge is -2.38. The molecule has 1 saturated heterocycles. The van der Waals surface area contributed by atoms with Gasteiger partial charge in [-0.05, 0) is 50.8 Å². The van der Waals surface area contributed by atoms with E-state index in [9.17, 15) is 4.79 Å². The summed E-state index contributed by atoms with van der Waals surface area (Å²) in [6.07, 6.45) is 6.20. The molecule has 0 aromatic heterocycles. The van der Waals surface area contributed by atoms with E-state index in [1.165, 1.54) is 32.1 Å². The number of ketones is 1. The maximum atomic E-state index is 11.4. The molecule has 2 nitrogen and oxygen atoms in total. The summed E-state index contributed by atoms with van der Waals surface area (Å²) in [6, 6.07) is 6.30. The van der Waals surface area contributed by atoms with Gasteiger partial charge in [-0.3, -0.25) is 4.79 Å². The van der Waals surface area contributed by atoms with E-state index in [-0.39, 0.29) is 5.78 Å². The average molecular weight is 280 g/mol. The molecule has 1 aliphatic heterocycles. The summed E-state index contributed by atoms with van der Waals surface area (Å²) in [5, 5.41) is 0.704. The molecule has 2 rings (SSSR count). The van der Waals surface area contributed by atoms with Gasteiger partial charge in [-0.15, -0.1) is 0 Å². The smallest absolute Gasteiger partial charge is 0.159 e. The fraction of sp³-hybridized carbons (Fsp3) is 0.562. The van der Waals surface area contributed by atoms with Crippen LogP contribution in [0.1, 0.15) is 56.3 Å². The minimum atomic E-state index is 0.0669. The zero-order chi connectivity index (χ0) is 13.8. The highest BCUT2D eigenvalue weighted by Crippen LogP contribution is 2.33. The number of carbonyl (C=O) groups is 1. The Hall–Kier alpha value is -1.02. The zero-order valence-corrected chi connectivity index (χ0v) is 12.5. The van der Waals surface area contributed by atoms with Crippen molar-refractivity contribution in [2.45, 2.75) is 52.0 Å². The van der Waals surface area contributed by atoms with Crippen LogP contribution >= 0.6 is 11.6 Å². The minimum absolute atomic E-state index is 0.0669. The summed E-state index contributed by atoms with van der Waals surface area (Å²) in [5.74, 6) is 0.0669. The fourth-order valence-corrected chi connectivity index (χ4v) is 3.20. The first kappa shape index (κ1) is 14.4. The van der Waals surface area contributed by atoms with Crippen LogP contribution in [0.2, 0.25) is 5.02 Å². The van der Waals surface area contributed by atoms with Crippen LogP contribution < -0.4 is 4.90 Å². The zero-order valence-electron chi connectivity index (χ0n) is 11.8. The van der Waals surface area contributed by atoms with Crippen molar-refractivity contribution in [1.82, 2.24) is 0 Å². The number of anilines is 1. The molecule has 104 valence electrons. The van der Waals surface area contributed by atoms with Gasteiger partial charge in [0.05, 0.1) is 10.7 Å². The Kier molecular flexibility index (Phi) is 4.87. The molecule has 0 aliphatic carbocycles. The molecule has 19 heavy (non-hydrogen) atoms. The molecule has 1 aromatic carbocycles. The van der Waals surface area contributed by atoms with Gasteiger partial charge in [-0.1, -0.05) is 24.9 Å². The molecule has 1 atom stereocenters. The molecule has 1 heterocycles. The van der Waals surface area contributed by atoms with E-state index in [4.69, 9.17) is 11.6 Å². The minimum Gasteiger partial charge on any atom is -0.367 e. The summed E-state index contributed by atoms with van der Waals surface area (Å²) >= 11 is 6.38. The largest absolute Gasteiger partial charge is 0.367 e. The lowest BCUT2D eigenvalue weighted by Crippen LogP contribution is -2.39. The van der Waals surface area contributed by atoms with Crippen LogP contribution in [0.5, 0.6) is 0 Å². The molecule has 1 unspecified atom stereocenters. The number of nitrogens with zero attached hydrogens (tertiary/aromatic N) is 1. The van der Waals surface area contributed by atoms with Crippen molar-refractivity contribution in [3.05, 3.63) is 28.8 Å². The van der Waals surface area contributed by atoms with E-state index in [1.807, 2.05) is 12.1 Å². The molecule has 3 heteroatoms. The predicted molar refractivity (Wildman–Crippen MR) is 81.3 cm³/mol. The maximum absolute atomic E-state index is 11.4. The Labute approximate surface area is 120 Å². The van der Waals surface area contributed by atoms with Gasteiger partial charge in [0.25, 0.3) is 0 Å². The second-order valence-electron chi connectivity index (χ2n) is 5.35. The Morgan fingerprint density at radius 1 is 1.42 bits per heavy atom. The van der Waals surface area contributed by atoms with Gasteiger partial charge < -0.3 is 4.90 Å². The van der Waals surface area contributed by atoms with Gasteiger partial charge in [0.15, 0.2) is 5.78 Å². The van der Waals surface area contributed by atoms with Crippen LogP contribution in [0.4, 0.5) is 5.69 Å². The van der Waals surface area contributed by atoms with Gasteiger partial charge in [0, 0.05) is 18.2 Å². The number of hydrogen-bond acceptors (Lipinski definition) is 2. The fourth-order valence-electron chi connectivity index (χ4n) is 2.91. The number of hydrogen-bond donors (Lipinski definition) is 0. The number of carbonyl (C=O) groups excluding carboxylic acids is 1. The SMILES string of the molecule is CCCC1CCCCN1c1ccc(C(C)=O)cc1Cl. The van der Waals surface area contributed by atoms with Crippen molar-refractivity contribution in [3.63, 3.8) is 0 Å². The summed E-state index contributed by atoms with van der Waals surface area (Å²) in [7, 11) is 0. The highest BCUT2D eigenvalue weighted by Gasteiger charge is 2.23. The van der Waals surface area contributed by atoms with Crippen molar-refractivity contribution in [2.24, 2.45) is 0 Å². The van der Waals surface area contributed by atoms with E-state index >= 15 is 0 Å². The van der Waals surface area contributed by atoms with Crippen molar-refractivity contribution in [3.8, 4) is 0 Å². The molecule has 1 fully saturated rings. The van der Waals surface area contributed by atoms with E-state index in [0.29, 0.717) is 16.6 Å². The summed E-state index contributed by atoms with van der Waals surface area (Å²) in [5.41, 5.74) is 1.78. The number of rotatable bonds is 4. The van der Waals surface area contributed by atoms with E-state index in [0.717, 1.165) is 12.2 Å². The summed E-state index contributed by atoms with van der Waals surface area (Å²) < 4.78 is 0. The van der Waals surface area contributed by atoms with Crippen LogP contribution in [0.3, 0.4) is 0 Å². The number of Topliss-reactive ketones (excluding diaryl/α,β-unsaturated/α-hetero) is 1. The van der Waals surface area contributed by atoms with Crippen molar-refractivity contribution in [1.29, 1.82) is 0 Å². The third-order valence-corrected chi connectivity index (χ3v) is 4.22. The Morgan fingerprint density at radius 2 is 2.21 bits per heavy atom. The molecule has 0 radical (unpaired) electrons. The quantitative estimate of drug-likeness (QED) is 0.745. The van der Waals surface area contributed by atoms with E-state index < -0.39 is 0 Å². The molecule has 1 aliphatic rings. The summed E-state index contributed by atoms with van der Waals surface area (Å²) in [4.78, 5) is 13.8. The lowest BCUT2D eigenvalue weighted by molar-refractivity contribution is 0.101. The number of benzene rings is 1. The van der Waals surface area contributed by atoms with Crippen molar-refractivity contribution in [2.75, 3.05) is 11.4 Å². The monoisotopic (exact) mass is 279 g/mol. The highest BCUT2D eigenvalue weighted by atomic mass is 35.5. The standard InChI is InChI=1S/C16H22ClNO/c1-3-6-14-7-4-5-10-18(14)16-9-8-13(12(2)19)11-15(16)17/h8-9,11,14H,3-7,10H2,1-2H3. The van der Waals surface area contributed by atoms with Gasteiger partial charge in [0.1, 0.15) is 0 Å².